The summed E-state index contributed by atoms with van der Waals surface area (Å²) >= 11 is 0. The zero-order chi connectivity index (χ0) is 17.1. The largest absolute Gasteiger partial charge is 0.454 e. The molecule has 124 valence electrons. The summed E-state index contributed by atoms with van der Waals surface area (Å²) in [5, 5.41) is 6.47. The van der Waals surface area contributed by atoms with Crippen LogP contribution in [-0.2, 0) is 16.1 Å². The number of amides is 2. The quantitative estimate of drug-likeness (QED) is 0.742. The van der Waals surface area contributed by atoms with Crippen molar-refractivity contribution in [1.29, 1.82) is 0 Å². The van der Waals surface area contributed by atoms with Gasteiger partial charge in [0.2, 0.25) is 18.6 Å². The van der Waals surface area contributed by atoms with Crippen molar-refractivity contribution in [3.8, 4) is 22.8 Å². The SMILES string of the molecule is NC(=O)CNC(=O)Cn1nc(-c2ccc3c(c2)OCO3)ccc1=O. The second kappa shape index (κ2) is 6.41. The third-order valence-corrected chi connectivity index (χ3v) is 3.29. The molecule has 0 saturated heterocycles. The van der Waals surface area contributed by atoms with Crippen LogP contribution in [0.4, 0.5) is 0 Å². The molecule has 3 rings (SSSR count). The lowest BCUT2D eigenvalue weighted by molar-refractivity contribution is -0.125. The highest BCUT2D eigenvalue weighted by Crippen LogP contribution is 2.35. The first-order chi connectivity index (χ1) is 11.5. The van der Waals surface area contributed by atoms with Gasteiger partial charge in [-0.15, -0.1) is 0 Å². The van der Waals surface area contributed by atoms with Crippen molar-refractivity contribution in [3.05, 3.63) is 40.7 Å². The molecule has 24 heavy (non-hydrogen) atoms. The summed E-state index contributed by atoms with van der Waals surface area (Å²) in [4.78, 5) is 34.2. The van der Waals surface area contributed by atoms with E-state index in [2.05, 4.69) is 10.4 Å². The van der Waals surface area contributed by atoms with Crippen LogP contribution in [0.3, 0.4) is 0 Å². The van der Waals surface area contributed by atoms with Crippen LogP contribution in [0.5, 0.6) is 11.5 Å². The lowest BCUT2D eigenvalue weighted by Gasteiger charge is -2.08. The molecule has 3 N–H and O–H groups in total. The van der Waals surface area contributed by atoms with Gasteiger partial charge >= 0.3 is 0 Å². The second-order valence-electron chi connectivity index (χ2n) is 5.03. The predicted molar refractivity (Wildman–Crippen MR) is 82.3 cm³/mol. The fraction of sp³-hybridized carbons (Fsp3) is 0.200. The van der Waals surface area contributed by atoms with Crippen LogP contribution in [0.2, 0.25) is 0 Å². The Morgan fingerprint density at radius 1 is 1.21 bits per heavy atom. The van der Waals surface area contributed by atoms with Gasteiger partial charge in [0, 0.05) is 11.6 Å². The Kier molecular flexibility index (Phi) is 4.15. The number of carbonyl (C=O) groups is 2. The van der Waals surface area contributed by atoms with Crippen LogP contribution >= 0.6 is 0 Å². The van der Waals surface area contributed by atoms with Crippen molar-refractivity contribution >= 4 is 11.8 Å². The maximum absolute atomic E-state index is 11.8. The van der Waals surface area contributed by atoms with Crippen LogP contribution in [0.25, 0.3) is 11.3 Å². The molecule has 1 aliphatic heterocycles. The molecular weight excluding hydrogens is 316 g/mol. The third kappa shape index (κ3) is 3.35. The van der Waals surface area contributed by atoms with Crippen LogP contribution in [-0.4, -0.2) is 34.9 Å². The molecule has 1 aliphatic rings. The molecule has 2 aromatic rings. The van der Waals surface area contributed by atoms with Crippen molar-refractivity contribution < 1.29 is 19.1 Å². The molecule has 0 radical (unpaired) electrons. The average molecular weight is 330 g/mol. The maximum atomic E-state index is 11.8. The van der Waals surface area contributed by atoms with E-state index >= 15 is 0 Å². The number of aromatic nitrogens is 2. The highest BCUT2D eigenvalue weighted by atomic mass is 16.7. The molecule has 2 heterocycles. The van der Waals surface area contributed by atoms with Gasteiger partial charge in [-0.25, -0.2) is 4.68 Å². The van der Waals surface area contributed by atoms with E-state index in [4.69, 9.17) is 15.2 Å². The number of rotatable bonds is 5. The van der Waals surface area contributed by atoms with Crippen molar-refractivity contribution in [2.75, 3.05) is 13.3 Å². The summed E-state index contributed by atoms with van der Waals surface area (Å²) in [6, 6.07) is 8.13. The van der Waals surface area contributed by atoms with Crippen LogP contribution in [0.1, 0.15) is 0 Å². The van der Waals surface area contributed by atoms with Crippen molar-refractivity contribution in [1.82, 2.24) is 15.1 Å². The first-order valence-electron chi connectivity index (χ1n) is 7.06. The van der Waals surface area contributed by atoms with Crippen LogP contribution < -0.4 is 26.1 Å². The number of carbonyl (C=O) groups excluding carboxylic acids is 2. The Balaban J connectivity index is 1.82. The highest BCUT2D eigenvalue weighted by Gasteiger charge is 2.15. The van der Waals surface area contributed by atoms with E-state index in [1.165, 1.54) is 6.07 Å². The van der Waals surface area contributed by atoms with Gasteiger partial charge in [-0.05, 0) is 24.3 Å². The molecule has 0 spiro atoms. The molecule has 0 atom stereocenters. The van der Waals surface area contributed by atoms with Gasteiger partial charge in [-0.1, -0.05) is 0 Å². The number of fused-ring (bicyclic) bond motifs is 1. The number of hydrogen-bond donors (Lipinski definition) is 2. The molecular formula is C15H14N4O5. The Morgan fingerprint density at radius 3 is 2.79 bits per heavy atom. The number of nitrogens with zero attached hydrogens (tertiary/aromatic N) is 2. The number of hydrogen-bond acceptors (Lipinski definition) is 6. The number of ether oxygens (including phenoxy) is 2. The number of nitrogens with two attached hydrogens (primary N) is 1. The molecule has 0 saturated carbocycles. The molecule has 1 aromatic carbocycles. The normalized spacial score (nSPS) is 12.0. The Bertz CT molecular complexity index is 861. The van der Waals surface area contributed by atoms with Gasteiger partial charge in [0.1, 0.15) is 6.54 Å². The molecule has 0 unspecified atom stereocenters. The molecule has 9 heteroatoms. The minimum atomic E-state index is -0.669. The fourth-order valence-electron chi connectivity index (χ4n) is 2.15. The molecule has 0 aliphatic carbocycles. The zero-order valence-corrected chi connectivity index (χ0v) is 12.5. The Hall–Kier alpha value is -3.36. The van der Waals surface area contributed by atoms with Gasteiger partial charge in [0.05, 0.1) is 12.2 Å². The molecule has 0 bridgehead atoms. The minimum Gasteiger partial charge on any atom is -0.454 e. The lowest BCUT2D eigenvalue weighted by Crippen LogP contribution is -2.38. The summed E-state index contributed by atoms with van der Waals surface area (Å²) in [5.74, 6) is 0.0214. The van der Waals surface area contributed by atoms with Gasteiger partial charge in [0.15, 0.2) is 11.5 Å². The molecule has 9 nitrogen and oxygen atoms in total. The van der Waals surface area contributed by atoms with Gasteiger partial charge < -0.3 is 20.5 Å². The summed E-state index contributed by atoms with van der Waals surface area (Å²) in [5.41, 5.74) is 5.72. The molecule has 2 amide bonds. The van der Waals surface area contributed by atoms with Crippen molar-refractivity contribution in [2.24, 2.45) is 5.73 Å². The number of nitrogens with one attached hydrogen (secondary N) is 1. The predicted octanol–water partition coefficient (Wildman–Crippen LogP) is -0.760. The van der Waals surface area contributed by atoms with E-state index in [0.717, 1.165) is 4.68 Å². The fourth-order valence-corrected chi connectivity index (χ4v) is 2.15. The smallest absolute Gasteiger partial charge is 0.267 e. The van der Waals surface area contributed by atoms with Crippen LogP contribution in [0.15, 0.2) is 35.1 Å². The van der Waals surface area contributed by atoms with Crippen molar-refractivity contribution in [3.63, 3.8) is 0 Å². The molecule has 0 fully saturated rings. The number of primary amides is 1. The first kappa shape index (κ1) is 15.5. The summed E-state index contributed by atoms with van der Waals surface area (Å²) in [6.45, 7) is -0.453. The topological polar surface area (TPSA) is 126 Å². The van der Waals surface area contributed by atoms with E-state index in [1.807, 2.05) is 0 Å². The Labute approximate surface area is 136 Å². The van der Waals surface area contributed by atoms with E-state index in [9.17, 15) is 14.4 Å². The summed E-state index contributed by atoms with van der Waals surface area (Å²) in [7, 11) is 0. The van der Waals surface area contributed by atoms with E-state index in [1.54, 1.807) is 24.3 Å². The average Bonchev–Trinajstić information content (AvgIpc) is 3.02. The maximum Gasteiger partial charge on any atom is 0.267 e. The summed E-state index contributed by atoms with van der Waals surface area (Å²) < 4.78 is 11.6. The standard InChI is InChI=1S/C15H14N4O5/c16-13(20)6-17-14(21)7-19-15(22)4-2-10(18-19)9-1-3-11-12(5-9)24-8-23-11/h1-5H,6-8H2,(H2,16,20)(H,17,21). The summed E-state index contributed by atoms with van der Waals surface area (Å²) in [6.07, 6.45) is 0. The highest BCUT2D eigenvalue weighted by molar-refractivity contribution is 5.83. The van der Waals surface area contributed by atoms with Gasteiger partial charge in [-0.2, -0.15) is 5.10 Å². The second-order valence-corrected chi connectivity index (χ2v) is 5.03. The van der Waals surface area contributed by atoms with E-state index in [-0.39, 0.29) is 19.9 Å². The Morgan fingerprint density at radius 2 is 2.00 bits per heavy atom. The zero-order valence-electron chi connectivity index (χ0n) is 12.5. The minimum absolute atomic E-state index is 0.158. The van der Waals surface area contributed by atoms with E-state index in [0.29, 0.717) is 22.8 Å². The van der Waals surface area contributed by atoms with Crippen LogP contribution in [0, 0.1) is 0 Å². The number of benzene rings is 1. The van der Waals surface area contributed by atoms with Crippen molar-refractivity contribution in [2.45, 2.75) is 6.54 Å². The lowest BCUT2D eigenvalue weighted by atomic mass is 10.1. The first-order valence-corrected chi connectivity index (χ1v) is 7.06. The molecule has 1 aromatic heterocycles. The van der Waals surface area contributed by atoms with Gasteiger partial charge in [0.25, 0.3) is 5.56 Å². The van der Waals surface area contributed by atoms with Gasteiger partial charge in [-0.3, -0.25) is 14.4 Å². The monoisotopic (exact) mass is 330 g/mol. The third-order valence-electron chi connectivity index (χ3n) is 3.29. The van der Waals surface area contributed by atoms with E-state index < -0.39 is 17.4 Å².